The molecule has 0 radical (unpaired) electrons. The lowest BCUT2D eigenvalue weighted by Crippen LogP contribution is -2.15. The molecule has 5 rings (SSSR count). The number of hydrogen-bond donors (Lipinski definition) is 2. The van der Waals surface area contributed by atoms with E-state index in [-0.39, 0.29) is 6.04 Å². The molecule has 0 aliphatic heterocycles. The fourth-order valence-corrected chi connectivity index (χ4v) is 4.87. The van der Waals surface area contributed by atoms with Crippen LogP contribution in [0.3, 0.4) is 0 Å². The summed E-state index contributed by atoms with van der Waals surface area (Å²) in [5, 5.41) is 13.2. The third-order valence-electron chi connectivity index (χ3n) is 6.33. The highest BCUT2D eigenvalue weighted by Gasteiger charge is 2.20. The van der Waals surface area contributed by atoms with E-state index in [2.05, 4.69) is 70.7 Å². The van der Waals surface area contributed by atoms with E-state index < -0.39 is 18.3 Å². The van der Waals surface area contributed by atoms with Crippen LogP contribution in [0.15, 0.2) is 109 Å². The number of benzene rings is 4. The highest BCUT2D eigenvalue weighted by molar-refractivity contribution is 6.31. The lowest BCUT2D eigenvalue weighted by molar-refractivity contribution is -0.139. The second kappa shape index (κ2) is 10.7. The molecule has 0 bridgehead atoms. The molecule has 0 atom stereocenters. The topological polar surface area (TPSA) is 71.3 Å². The third kappa shape index (κ3) is 5.57. The number of carboxylic acid groups (broad SMARTS) is 1. The number of nitrogens with one attached hydrogen (secondary N) is 1. The van der Waals surface area contributed by atoms with Crippen molar-refractivity contribution in [2.75, 3.05) is 5.32 Å². The molecule has 0 aliphatic rings. The molecule has 0 saturated carbocycles. The zero-order valence-corrected chi connectivity index (χ0v) is 20.7. The molecule has 1 amide bonds. The largest absolute Gasteiger partial charge is 0.481 e. The number of hydrogen-bond acceptors (Lipinski definition) is 2. The molecule has 184 valence electrons. The lowest BCUT2D eigenvalue weighted by Gasteiger charge is -2.21. The van der Waals surface area contributed by atoms with Gasteiger partial charge in [-0.25, -0.2) is 0 Å². The van der Waals surface area contributed by atoms with Crippen LogP contribution in [-0.2, 0) is 16.0 Å². The molecule has 37 heavy (non-hydrogen) atoms. The molecule has 0 saturated heterocycles. The Kier molecular flexibility index (Phi) is 7.06. The summed E-state index contributed by atoms with van der Waals surface area (Å²) in [4.78, 5) is 22.5. The van der Waals surface area contributed by atoms with Gasteiger partial charge in [-0.05, 0) is 52.9 Å². The predicted molar refractivity (Wildman–Crippen MR) is 147 cm³/mol. The van der Waals surface area contributed by atoms with Crippen molar-refractivity contribution in [2.45, 2.75) is 18.9 Å². The van der Waals surface area contributed by atoms with E-state index in [0.29, 0.717) is 17.1 Å². The predicted octanol–water partition coefficient (Wildman–Crippen LogP) is 6.94. The average molecular weight is 509 g/mol. The third-order valence-corrected chi connectivity index (χ3v) is 6.57. The second-order valence-corrected chi connectivity index (χ2v) is 9.38. The Balaban J connectivity index is 1.52. The number of amides is 1. The standard InChI is InChI=1S/C31H25ClN2O3/c32-25-13-16-27-24(17-21-11-14-26(15-12-21)33-29(35)19-30(36)37)20-34(28(27)18-25)31(22-7-3-1-4-8-22)23-9-5-2-6-10-23/h1-16,18,20,31H,17,19H2,(H,33,35)(H,36,37). The maximum Gasteiger partial charge on any atom is 0.312 e. The highest BCUT2D eigenvalue weighted by atomic mass is 35.5. The van der Waals surface area contributed by atoms with Crippen molar-refractivity contribution < 1.29 is 14.7 Å². The van der Waals surface area contributed by atoms with Crippen LogP contribution in [0.25, 0.3) is 10.9 Å². The summed E-state index contributed by atoms with van der Waals surface area (Å²) in [6.45, 7) is 0. The molecule has 0 unspecified atom stereocenters. The number of halogens is 1. The molecule has 2 N–H and O–H groups in total. The Labute approximate surface area is 219 Å². The lowest BCUT2D eigenvalue weighted by atomic mass is 9.98. The van der Waals surface area contributed by atoms with Gasteiger partial charge in [0.15, 0.2) is 0 Å². The van der Waals surface area contributed by atoms with Crippen LogP contribution >= 0.6 is 11.6 Å². The van der Waals surface area contributed by atoms with E-state index in [9.17, 15) is 9.59 Å². The first-order valence-corrected chi connectivity index (χ1v) is 12.3. The van der Waals surface area contributed by atoms with Gasteiger partial charge in [0.05, 0.1) is 11.6 Å². The Morgan fingerprint density at radius 3 is 2.05 bits per heavy atom. The Morgan fingerprint density at radius 1 is 0.838 bits per heavy atom. The van der Waals surface area contributed by atoms with Gasteiger partial charge in [0, 0.05) is 22.3 Å². The minimum Gasteiger partial charge on any atom is -0.481 e. The smallest absolute Gasteiger partial charge is 0.312 e. The normalized spacial score (nSPS) is 11.1. The maximum atomic E-state index is 11.8. The second-order valence-electron chi connectivity index (χ2n) is 8.94. The molecule has 5 aromatic rings. The van der Waals surface area contributed by atoms with E-state index in [0.717, 1.165) is 22.0 Å². The summed E-state index contributed by atoms with van der Waals surface area (Å²) in [6, 6.07) is 34.3. The van der Waals surface area contributed by atoms with Gasteiger partial charge in [0.1, 0.15) is 6.42 Å². The Bertz CT molecular complexity index is 1510. The van der Waals surface area contributed by atoms with Crippen molar-refractivity contribution >= 4 is 40.1 Å². The quantitative estimate of drug-likeness (QED) is 0.223. The number of carboxylic acids is 1. The number of fused-ring (bicyclic) bond motifs is 1. The minimum atomic E-state index is -1.16. The molecule has 1 aromatic heterocycles. The fraction of sp³-hybridized carbons (Fsp3) is 0.0968. The van der Waals surface area contributed by atoms with Crippen molar-refractivity contribution in [3.8, 4) is 0 Å². The van der Waals surface area contributed by atoms with E-state index in [1.54, 1.807) is 12.1 Å². The van der Waals surface area contributed by atoms with Gasteiger partial charge in [0.25, 0.3) is 0 Å². The van der Waals surface area contributed by atoms with E-state index in [1.807, 2.05) is 36.4 Å². The molecule has 0 aliphatic carbocycles. The van der Waals surface area contributed by atoms with Crippen LogP contribution in [0.5, 0.6) is 0 Å². The summed E-state index contributed by atoms with van der Waals surface area (Å²) >= 11 is 6.46. The number of nitrogens with zero attached hydrogens (tertiary/aromatic N) is 1. The molecule has 6 heteroatoms. The van der Waals surface area contributed by atoms with Crippen LogP contribution in [0.4, 0.5) is 5.69 Å². The first kappa shape index (κ1) is 24.3. The summed E-state index contributed by atoms with van der Waals surface area (Å²) in [5.41, 5.74) is 6.21. The Morgan fingerprint density at radius 2 is 1.46 bits per heavy atom. The van der Waals surface area contributed by atoms with Crippen molar-refractivity contribution in [3.63, 3.8) is 0 Å². The molecule has 5 nitrogen and oxygen atoms in total. The van der Waals surface area contributed by atoms with E-state index in [1.165, 1.54) is 11.1 Å². The first-order chi connectivity index (χ1) is 18.0. The zero-order chi connectivity index (χ0) is 25.8. The summed E-state index contributed by atoms with van der Waals surface area (Å²) in [7, 11) is 0. The maximum absolute atomic E-state index is 11.8. The number of aromatic nitrogens is 1. The molecule has 4 aromatic carbocycles. The van der Waals surface area contributed by atoms with Crippen molar-refractivity contribution in [1.29, 1.82) is 0 Å². The average Bonchev–Trinajstić information content (AvgIpc) is 3.23. The van der Waals surface area contributed by atoms with Crippen LogP contribution in [0.1, 0.15) is 34.7 Å². The molecular formula is C31H25ClN2O3. The van der Waals surface area contributed by atoms with Gasteiger partial charge < -0.3 is 15.0 Å². The summed E-state index contributed by atoms with van der Waals surface area (Å²) in [6.07, 6.45) is 2.33. The molecule has 0 spiro atoms. The number of carbonyl (C=O) groups excluding carboxylic acids is 1. The van der Waals surface area contributed by atoms with Gasteiger partial charge in [-0.3, -0.25) is 9.59 Å². The minimum absolute atomic E-state index is 0.0241. The number of aliphatic carboxylic acids is 1. The van der Waals surface area contributed by atoms with Gasteiger partial charge in [-0.1, -0.05) is 90.5 Å². The SMILES string of the molecule is O=C(O)CC(=O)Nc1ccc(Cc2cn(C(c3ccccc3)c3ccccc3)c3cc(Cl)ccc23)cc1. The first-order valence-electron chi connectivity index (χ1n) is 12.0. The van der Waals surface area contributed by atoms with Crippen LogP contribution < -0.4 is 5.32 Å². The molecule has 0 fully saturated rings. The number of anilines is 1. The monoisotopic (exact) mass is 508 g/mol. The van der Waals surface area contributed by atoms with Crippen molar-refractivity contribution in [3.05, 3.63) is 137 Å². The van der Waals surface area contributed by atoms with Crippen LogP contribution in [-0.4, -0.2) is 21.6 Å². The fourth-order valence-electron chi connectivity index (χ4n) is 4.70. The van der Waals surface area contributed by atoms with E-state index >= 15 is 0 Å². The van der Waals surface area contributed by atoms with E-state index in [4.69, 9.17) is 16.7 Å². The van der Waals surface area contributed by atoms with Crippen molar-refractivity contribution in [1.82, 2.24) is 4.57 Å². The van der Waals surface area contributed by atoms with Gasteiger partial charge >= 0.3 is 5.97 Å². The van der Waals surface area contributed by atoms with Gasteiger partial charge in [0.2, 0.25) is 5.91 Å². The van der Waals surface area contributed by atoms with Gasteiger partial charge in [-0.2, -0.15) is 0 Å². The van der Waals surface area contributed by atoms with Crippen LogP contribution in [0, 0.1) is 0 Å². The molecule has 1 heterocycles. The summed E-state index contributed by atoms with van der Waals surface area (Å²) in [5.74, 6) is -1.71. The summed E-state index contributed by atoms with van der Waals surface area (Å²) < 4.78 is 2.29. The number of rotatable bonds is 8. The highest BCUT2D eigenvalue weighted by Crippen LogP contribution is 2.35. The van der Waals surface area contributed by atoms with Gasteiger partial charge in [-0.15, -0.1) is 0 Å². The van der Waals surface area contributed by atoms with Crippen molar-refractivity contribution in [2.24, 2.45) is 0 Å². The molecular weight excluding hydrogens is 484 g/mol. The number of carbonyl (C=O) groups is 2. The Hall–Kier alpha value is -4.35. The zero-order valence-electron chi connectivity index (χ0n) is 20.0. The van der Waals surface area contributed by atoms with Crippen LogP contribution in [0.2, 0.25) is 5.02 Å².